The van der Waals surface area contributed by atoms with Gasteiger partial charge >= 0.3 is 0 Å². The second-order valence-electron chi connectivity index (χ2n) is 4.14. The molecule has 0 heterocycles. The molecule has 1 fully saturated rings. The first-order valence-electron chi connectivity index (χ1n) is 5.65. The van der Waals surface area contributed by atoms with Crippen molar-refractivity contribution in [1.82, 2.24) is 4.90 Å². The highest BCUT2D eigenvalue weighted by atomic mass is 79.9. The second-order valence-corrected chi connectivity index (χ2v) is 4.93. The van der Waals surface area contributed by atoms with Gasteiger partial charge in [0.1, 0.15) is 0 Å². The van der Waals surface area contributed by atoms with Crippen molar-refractivity contribution in [2.45, 2.75) is 39.0 Å². The average Bonchev–Trinajstić information content (AvgIpc) is 2.07. The van der Waals surface area contributed by atoms with E-state index in [1.807, 2.05) is 0 Å². The van der Waals surface area contributed by atoms with Crippen molar-refractivity contribution in [3.05, 3.63) is 0 Å². The summed E-state index contributed by atoms with van der Waals surface area (Å²) in [4.78, 5) is 2.63. The molecule has 0 amide bonds. The molecule has 0 atom stereocenters. The van der Waals surface area contributed by atoms with E-state index in [-0.39, 0.29) is 0 Å². The summed E-state index contributed by atoms with van der Waals surface area (Å²) in [6, 6.07) is 0. The minimum atomic E-state index is 1.02. The first-order valence-corrected chi connectivity index (χ1v) is 6.77. The van der Waals surface area contributed by atoms with Crippen LogP contribution < -0.4 is 0 Å². The van der Waals surface area contributed by atoms with E-state index in [0.29, 0.717) is 0 Å². The molecule has 1 aliphatic carbocycles. The van der Waals surface area contributed by atoms with Gasteiger partial charge in [-0.05, 0) is 31.7 Å². The lowest BCUT2D eigenvalue weighted by atomic mass is 9.85. The number of alkyl halides is 1. The molecular weight excluding hydrogens is 226 g/mol. The van der Waals surface area contributed by atoms with Crippen molar-refractivity contribution >= 4 is 15.9 Å². The Balaban J connectivity index is 2.11. The molecule has 0 aromatic heterocycles. The zero-order chi connectivity index (χ0) is 9.52. The molecule has 78 valence electrons. The minimum Gasteiger partial charge on any atom is -0.302 e. The topological polar surface area (TPSA) is 3.24 Å². The molecule has 1 nitrogen and oxygen atoms in total. The molecule has 0 aliphatic heterocycles. The summed E-state index contributed by atoms with van der Waals surface area (Å²) < 4.78 is 0. The molecule has 0 aromatic carbocycles. The molecule has 0 saturated heterocycles. The largest absolute Gasteiger partial charge is 0.302 e. The average molecular weight is 248 g/mol. The summed E-state index contributed by atoms with van der Waals surface area (Å²) in [5.74, 6) is 1.02. The molecule has 1 rings (SSSR count). The lowest BCUT2D eigenvalue weighted by Crippen LogP contribution is -2.34. The maximum Gasteiger partial charge on any atom is 0.0159 e. The SMILES string of the molecule is CCCCN(CCBr)CC1CCC1. The van der Waals surface area contributed by atoms with Crippen molar-refractivity contribution in [1.29, 1.82) is 0 Å². The van der Waals surface area contributed by atoms with Crippen LogP contribution in [0, 0.1) is 5.92 Å². The second kappa shape index (κ2) is 6.83. The lowest BCUT2D eigenvalue weighted by Gasteiger charge is -2.32. The number of hydrogen-bond acceptors (Lipinski definition) is 1. The van der Waals surface area contributed by atoms with E-state index >= 15 is 0 Å². The highest BCUT2D eigenvalue weighted by Gasteiger charge is 2.19. The molecule has 0 N–H and O–H groups in total. The number of halogens is 1. The predicted molar refractivity (Wildman–Crippen MR) is 62.5 cm³/mol. The quantitative estimate of drug-likeness (QED) is 0.625. The van der Waals surface area contributed by atoms with Gasteiger partial charge in [0.05, 0.1) is 0 Å². The minimum absolute atomic E-state index is 1.02. The summed E-state index contributed by atoms with van der Waals surface area (Å²) in [6.07, 6.45) is 7.11. The maximum absolute atomic E-state index is 3.53. The van der Waals surface area contributed by atoms with E-state index in [0.717, 1.165) is 11.2 Å². The van der Waals surface area contributed by atoms with E-state index in [4.69, 9.17) is 0 Å². The van der Waals surface area contributed by atoms with Crippen LogP contribution in [-0.2, 0) is 0 Å². The third kappa shape index (κ3) is 4.46. The monoisotopic (exact) mass is 247 g/mol. The van der Waals surface area contributed by atoms with E-state index in [9.17, 15) is 0 Å². The van der Waals surface area contributed by atoms with Gasteiger partial charge < -0.3 is 4.90 Å². The standard InChI is InChI=1S/C11H22BrN/c1-2-3-8-13(9-7-12)10-11-5-4-6-11/h11H,2-10H2,1H3. The van der Waals surface area contributed by atoms with Crippen LogP contribution in [0.2, 0.25) is 0 Å². The van der Waals surface area contributed by atoms with Gasteiger partial charge in [-0.2, -0.15) is 0 Å². The highest BCUT2D eigenvalue weighted by molar-refractivity contribution is 9.09. The van der Waals surface area contributed by atoms with Gasteiger partial charge in [0.15, 0.2) is 0 Å². The van der Waals surface area contributed by atoms with Crippen LogP contribution in [0.3, 0.4) is 0 Å². The molecule has 0 unspecified atom stereocenters. The fraction of sp³-hybridized carbons (Fsp3) is 1.00. The summed E-state index contributed by atoms with van der Waals surface area (Å²) >= 11 is 3.53. The van der Waals surface area contributed by atoms with Crippen molar-refractivity contribution in [3.8, 4) is 0 Å². The van der Waals surface area contributed by atoms with Crippen molar-refractivity contribution in [2.75, 3.05) is 25.0 Å². The zero-order valence-corrected chi connectivity index (χ0v) is 10.4. The Bertz CT molecular complexity index is 123. The highest BCUT2D eigenvalue weighted by Crippen LogP contribution is 2.27. The molecule has 1 aliphatic rings. The fourth-order valence-electron chi connectivity index (χ4n) is 1.84. The van der Waals surface area contributed by atoms with Gasteiger partial charge in [0.2, 0.25) is 0 Å². The van der Waals surface area contributed by atoms with E-state index in [1.54, 1.807) is 0 Å². The molecular formula is C11H22BrN. The molecule has 1 saturated carbocycles. The van der Waals surface area contributed by atoms with Crippen LogP contribution in [0.1, 0.15) is 39.0 Å². The van der Waals surface area contributed by atoms with Gasteiger partial charge in [-0.1, -0.05) is 35.7 Å². The fourth-order valence-corrected chi connectivity index (χ4v) is 2.34. The van der Waals surface area contributed by atoms with Gasteiger partial charge in [0.25, 0.3) is 0 Å². The summed E-state index contributed by atoms with van der Waals surface area (Å²) in [7, 11) is 0. The molecule has 0 aromatic rings. The number of hydrogen-bond donors (Lipinski definition) is 0. The molecule has 0 spiro atoms. The summed E-state index contributed by atoms with van der Waals surface area (Å²) in [5, 5.41) is 1.13. The molecule has 0 bridgehead atoms. The van der Waals surface area contributed by atoms with E-state index in [1.165, 1.54) is 51.7 Å². The van der Waals surface area contributed by atoms with E-state index < -0.39 is 0 Å². The number of rotatable bonds is 7. The smallest absolute Gasteiger partial charge is 0.0159 e. The van der Waals surface area contributed by atoms with Crippen LogP contribution in [0.5, 0.6) is 0 Å². The van der Waals surface area contributed by atoms with Crippen molar-refractivity contribution < 1.29 is 0 Å². The van der Waals surface area contributed by atoms with E-state index in [2.05, 4.69) is 27.8 Å². The first-order chi connectivity index (χ1) is 6.36. The Morgan fingerprint density at radius 3 is 2.54 bits per heavy atom. The Kier molecular flexibility index (Phi) is 6.05. The van der Waals surface area contributed by atoms with Gasteiger partial charge in [-0.25, -0.2) is 0 Å². The van der Waals surface area contributed by atoms with Crippen LogP contribution in [-0.4, -0.2) is 29.9 Å². The normalized spacial score (nSPS) is 17.8. The summed E-state index contributed by atoms with van der Waals surface area (Å²) in [5.41, 5.74) is 0. The molecule has 0 radical (unpaired) electrons. The van der Waals surface area contributed by atoms with Crippen LogP contribution >= 0.6 is 15.9 Å². The number of unbranched alkanes of at least 4 members (excludes halogenated alkanes) is 1. The Labute approximate surface area is 91.0 Å². The van der Waals surface area contributed by atoms with Gasteiger partial charge in [-0.3, -0.25) is 0 Å². The van der Waals surface area contributed by atoms with Crippen LogP contribution in [0.25, 0.3) is 0 Å². The molecule has 2 heteroatoms. The third-order valence-electron chi connectivity index (χ3n) is 2.97. The Hall–Kier alpha value is 0.440. The van der Waals surface area contributed by atoms with Gasteiger partial charge in [-0.15, -0.1) is 0 Å². The number of nitrogens with zero attached hydrogens (tertiary/aromatic N) is 1. The predicted octanol–water partition coefficient (Wildman–Crippen LogP) is 3.28. The lowest BCUT2D eigenvalue weighted by molar-refractivity contribution is 0.184. The Morgan fingerprint density at radius 1 is 1.31 bits per heavy atom. The van der Waals surface area contributed by atoms with Crippen LogP contribution in [0.15, 0.2) is 0 Å². The Morgan fingerprint density at radius 2 is 2.08 bits per heavy atom. The maximum atomic E-state index is 3.53. The van der Waals surface area contributed by atoms with Gasteiger partial charge in [0, 0.05) is 18.4 Å². The zero-order valence-electron chi connectivity index (χ0n) is 8.77. The van der Waals surface area contributed by atoms with Crippen molar-refractivity contribution in [2.24, 2.45) is 5.92 Å². The van der Waals surface area contributed by atoms with Crippen molar-refractivity contribution in [3.63, 3.8) is 0 Å². The summed E-state index contributed by atoms with van der Waals surface area (Å²) in [6.45, 7) is 6.16. The third-order valence-corrected chi connectivity index (χ3v) is 3.32. The molecule has 13 heavy (non-hydrogen) atoms. The first kappa shape index (κ1) is 11.5. The van der Waals surface area contributed by atoms with Crippen LogP contribution in [0.4, 0.5) is 0 Å².